The van der Waals surface area contributed by atoms with E-state index in [-0.39, 0.29) is 11.4 Å². The van der Waals surface area contributed by atoms with E-state index in [0.29, 0.717) is 23.0 Å². The number of nitrogens with one attached hydrogen (secondary N) is 1. The summed E-state index contributed by atoms with van der Waals surface area (Å²) in [6.45, 7) is 2.03. The zero-order valence-corrected chi connectivity index (χ0v) is 15.9. The highest BCUT2D eigenvalue weighted by atomic mass is 32.2. The van der Waals surface area contributed by atoms with Crippen LogP contribution in [-0.2, 0) is 16.6 Å². The Morgan fingerprint density at radius 2 is 1.89 bits per heavy atom. The van der Waals surface area contributed by atoms with Crippen LogP contribution >= 0.6 is 0 Å². The molecular weight excluding hydrogens is 364 g/mol. The fourth-order valence-corrected chi connectivity index (χ4v) is 3.46. The van der Waals surface area contributed by atoms with Crippen molar-refractivity contribution in [3.05, 3.63) is 77.7 Å². The van der Waals surface area contributed by atoms with Gasteiger partial charge in [0.15, 0.2) is 0 Å². The zero-order valence-electron chi connectivity index (χ0n) is 15.0. The van der Waals surface area contributed by atoms with E-state index in [1.54, 1.807) is 43.7 Å². The Morgan fingerprint density at radius 1 is 1.11 bits per heavy atom. The van der Waals surface area contributed by atoms with E-state index in [1.807, 2.05) is 25.1 Å². The summed E-state index contributed by atoms with van der Waals surface area (Å²) in [6.07, 6.45) is 1.58. The minimum atomic E-state index is -3.58. The molecule has 0 amide bonds. The van der Waals surface area contributed by atoms with Gasteiger partial charge in [-0.05, 0) is 48.9 Å². The molecule has 0 saturated heterocycles. The maximum absolute atomic E-state index is 12.2. The second-order valence-corrected chi connectivity index (χ2v) is 7.64. The Hall–Kier alpha value is -2.90. The van der Waals surface area contributed by atoms with Gasteiger partial charge in [-0.1, -0.05) is 24.3 Å². The van der Waals surface area contributed by atoms with E-state index in [2.05, 4.69) is 9.71 Å². The van der Waals surface area contributed by atoms with E-state index in [1.165, 1.54) is 12.1 Å². The quantitative estimate of drug-likeness (QED) is 0.628. The van der Waals surface area contributed by atoms with Crippen molar-refractivity contribution >= 4 is 21.9 Å². The van der Waals surface area contributed by atoms with Crippen molar-refractivity contribution in [3.63, 3.8) is 0 Å². The highest BCUT2D eigenvalue weighted by Crippen LogP contribution is 2.28. The number of methoxy groups -OCH3 is 1. The summed E-state index contributed by atoms with van der Waals surface area (Å²) < 4.78 is 37.9. The van der Waals surface area contributed by atoms with Crippen LogP contribution in [0.1, 0.15) is 17.1 Å². The van der Waals surface area contributed by atoms with Gasteiger partial charge in [0.1, 0.15) is 23.0 Å². The molecule has 0 unspecified atom stereocenters. The highest BCUT2D eigenvalue weighted by molar-refractivity contribution is 7.89. The molecule has 7 heteroatoms. The normalized spacial score (nSPS) is 11.8. The van der Waals surface area contributed by atoms with Crippen molar-refractivity contribution in [2.75, 3.05) is 7.11 Å². The van der Waals surface area contributed by atoms with Gasteiger partial charge in [-0.2, -0.15) is 0 Å². The van der Waals surface area contributed by atoms with Gasteiger partial charge in [0.05, 0.1) is 24.8 Å². The first-order chi connectivity index (χ1) is 13.0. The average molecular weight is 384 g/mol. The van der Waals surface area contributed by atoms with Crippen LogP contribution in [0.2, 0.25) is 0 Å². The molecule has 0 aliphatic heterocycles. The molecule has 0 radical (unpaired) electrons. The molecule has 0 bridgehead atoms. The summed E-state index contributed by atoms with van der Waals surface area (Å²) in [5.41, 5.74) is 1.76. The van der Waals surface area contributed by atoms with Gasteiger partial charge in [-0.25, -0.2) is 18.1 Å². The molecule has 3 rings (SSSR count). The molecule has 1 N–H and O–H groups in total. The van der Waals surface area contributed by atoms with Crippen molar-refractivity contribution in [1.29, 1.82) is 0 Å². The number of benzene rings is 2. The molecule has 0 spiro atoms. The molecule has 0 atom stereocenters. The average Bonchev–Trinajstić information content (AvgIpc) is 3.14. The lowest BCUT2D eigenvalue weighted by Gasteiger charge is -2.05. The number of hydrogen-bond donors (Lipinski definition) is 1. The summed E-state index contributed by atoms with van der Waals surface area (Å²) in [5.74, 6) is 1.68. The van der Waals surface area contributed by atoms with Gasteiger partial charge in [0.2, 0.25) is 10.0 Å². The molecule has 0 fully saturated rings. The molecule has 1 heterocycles. The van der Waals surface area contributed by atoms with Crippen LogP contribution in [-0.4, -0.2) is 21.7 Å². The van der Waals surface area contributed by atoms with Gasteiger partial charge in [0, 0.05) is 0 Å². The van der Waals surface area contributed by atoms with Gasteiger partial charge in [-0.3, -0.25) is 0 Å². The predicted molar refractivity (Wildman–Crippen MR) is 104 cm³/mol. The number of sulfonamides is 1. The lowest BCUT2D eigenvalue weighted by molar-refractivity contribution is 0.416. The van der Waals surface area contributed by atoms with Crippen molar-refractivity contribution in [1.82, 2.24) is 4.72 Å². The first kappa shape index (κ1) is 18.9. The number of hydrogen-bond acceptors (Lipinski definition) is 5. The van der Waals surface area contributed by atoms with Crippen LogP contribution in [0, 0.1) is 6.92 Å². The standard InChI is InChI=1S/C20H20N2O4S/c1-15-8-11-20(25-2)19(12-15)21-13-16-9-10-17(26-16)14-22-27(23,24)18-6-4-3-5-7-18/h3-13,22H,14H2,1-2H3. The van der Waals surface area contributed by atoms with E-state index in [9.17, 15) is 8.42 Å². The molecule has 6 nitrogen and oxygen atoms in total. The molecule has 2 aromatic carbocycles. The smallest absolute Gasteiger partial charge is 0.240 e. The fraction of sp³-hybridized carbons (Fsp3) is 0.150. The zero-order chi connectivity index (χ0) is 19.3. The second kappa shape index (κ2) is 8.20. The molecule has 3 aromatic rings. The van der Waals surface area contributed by atoms with Crippen LogP contribution in [0.4, 0.5) is 5.69 Å². The van der Waals surface area contributed by atoms with Gasteiger partial charge in [-0.15, -0.1) is 0 Å². The van der Waals surface area contributed by atoms with Crippen molar-refractivity contribution in [2.45, 2.75) is 18.4 Å². The Morgan fingerprint density at radius 3 is 2.63 bits per heavy atom. The monoisotopic (exact) mass is 384 g/mol. The van der Waals surface area contributed by atoms with Crippen LogP contribution in [0.5, 0.6) is 5.75 Å². The van der Waals surface area contributed by atoms with E-state index in [4.69, 9.17) is 9.15 Å². The number of ether oxygens (including phenoxy) is 1. The second-order valence-electron chi connectivity index (χ2n) is 5.88. The molecular formula is C20H20N2O4S. The largest absolute Gasteiger partial charge is 0.494 e. The summed E-state index contributed by atoms with van der Waals surface area (Å²) in [4.78, 5) is 4.61. The number of nitrogens with zero attached hydrogens (tertiary/aromatic N) is 1. The Balaban J connectivity index is 1.68. The summed E-state index contributed by atoms with van der Waals surface area (Å²) in [6, 6.07) is 17.4. The van der Waals surface area contributed by atoms with Crippen molar-refractivity contribution < 1.29 is 17.6 Å². The minimum Gasteiger partial charge on any atom is -0.494 e. The lowest BCUT2D eigenvalue weighted by atomic mass is 10.2. The van der Waals surface area contributed by atoms with Crippen LogP contribution in [0.15, 0.2) is 75.0 Å². The van der Waals surface area contributed by atoms with Crippen molar-refractivity contribution in [3.8, 4) is 5.75 Å². The Kier molecular flexibility index (Phi) is 5.73. The van der Waals surface area contributed by atoms with Crippen LogP contribution in [0.3, 0.4) is 0 Å². The topological polar surface area (TPSA) is 80.9 Å². The summed E-state index contributed by atoms with van der Waals surface area (Å²) >= 11 is 0. The van der Waals surface area contributed by atoms with Gasteiger partial charge in [0.25, 0.3) is 0 Å². The summed E-state index contributed by atoms with van der Waals surface area (Å²) in [5, 5.41) is 0. The van der Waals surface area contributed by atoms with Gasteiger partial charge >= 0.3 is 0 Å². The highest BCUT2D eigenvalue weighted by Gasteiger charge is 2.13. The number of furan rings is 1. The third-order valence-electron chi connectivity index (χ3n) is 3.84. The number of rotatable bonds is 7. The Labute approximate surface area is 158 Å². The third kappa shape index (κ3) is 4.84. The SMILES string of the molecule is COc1ccc(C)cc1N=Cc1ccc(CNS(=O)(=O)c2ccccc2)o1. The van der Waals surface area contributed by atoms with E-state index in [0.717, 1.165) is 5.56 Å². The maximum Gasteiger partial charge on any atom is 0.240 e. The first-order valence-electron chi connectivity index (χ1n) is 8.30. The van der Waals surface area contributed by atoms with Crippen molar-refractivity contribution in [2.24, 2.45) is 4.99 Å². The van der Waals surface area contributed by atoms with Crippen LogP contribution < -0.4 is 9.46 Å². The van der Waals surface area contributed by atoms with Gasteiger partial charge < -0.3 is 9.15 Å². The molecule has 1 aromatic heterocycles. The first-order valence-corrected chi connectivity index (χ1v) is 9.78. The molecule has 0 saturated carbocycles. The minimum absolute atomic E-state index is 0.0544. The summed E-state index contributed by atoms with van der Waals surface area (Å²) in [7, 11) is -1.99. The molecule has 0 aliphatic carbocycles. The van der Waals surface area contributed by atoms with E-state index >= 15 is 0 Å². The number of aryl methyl sites for hydroxylation is 1. The lowest BCUT2D eigenvalue weighted by Crippen LogP contribution is -2.22. The maximum atomic E-state index is 12.2. The molecule has 140 valence electrons. The molecule has 0 aliphatic rings. The predicted octanol–water partition coefficient (Wildman–Crippen LogP) is 3.83. The number of aliphatic imine (C=N–C) groups is 1. The molecule has 27 heavy (non-hydrogen) atoms. The van der Waals surface area contributed by atoms with E-state index < -0.39 is 10.0 Å². The van der Waals surface area contributed by atoms with Crippen LogP contribution in [0.25, 0.3) is 0 Å². The Bertz CT molecular complexity index is 1040. The third-order valence-corrected chi connectivity index (χ3v) is 5.25. The fourth-order valence-electron chi connectivity index (χ4n) is 2.44.